The van der Waals surface area contributed by atoms with Crippen LogP contribution in [0.25, 0.3) is 21.9 Å². The molecule has 0 unspecified atom stereocenters. The molecule has 0 bridgehead atoms. The average Bonchev–Trinajstić information content (AvgIpc) is 3.62. The van der Waals surface area contributed by atoms with Crippen molar-refractivity contribution in [1.82, 2.24) is 23.9 Å². The molecule has 8 heteroatoms. The third kappa shape index (κ3) is 6.23. The Balaban J connectivity index is 1.32. The SMILES string of the molecule is COCCCN(Cc1cncn1CC1CCN(C(C)=O)CC1)C(=O)n1ccc(-c2cccc3ccccc23)c1. The molecular weight excluding hydrogens is 490 g/mol. The van der Waals surface area contributed by atoms with E-state index in [1.165, 1.54) is 10.8 Å². The molecule has 2 amide bonds. The number of ether oxygens (including phenoxy) is 1. The van der Waals surface area contributed by atoms with Crippen molar-refractivity contribution in [2.75, 3.05) is 33.4 Å². The Morgan fingerprint density at radius 1 is 1.08 bits per heavy atom. The number of amides is 2. The van der Waals surface area contributed by atoms with Crippen LogP contribution in [0.3, 0.4) is 0 Å². The van der Waals surface area contributed by atoms with E-state index in [-0.39, 0.29) is 11.9 Å². The molecule has 1 aliphatic heterocycles. The summed E-state index contributed by atoms with van der Waals surface area (Å²) in [5.74, 6) is 0.634. The lowest BCUT2D eigenvalue weighted by atomic mass is 9.96. The molecule has 0 radical (unpaired) electrons. The van der Waals surface area contributed by atoms with E-state index in [1.54, 1.807) is 18.6 Å². The molecule has 0 aliphatic carbocycles. The molecule has 2 aromatic carbocycles. The molecule has 39 heavy (non-hydrogen) atoms. The number of likely N-dealkylation sites (tertiary alicyclic amines) is 1. The highest BCUT2D eigenvalue weighted by Crippen LogP contribution is 2.29. The standard InChI is InChI=1S/C31H37N5O3/c1-24(37)33-15-11-25(12-16-33)20-36-23-32-19-28(36)22-34(14-6-18-39-2)31(38)35-17-13-27(21-35)30-10-5-8-26-7-3-4-9-29(26)30/h3-5,7-10,13,17,19,21,23,25H,6,11-12,14-16,18,20,22H2,1-2H3. The van der Waals surface area contributed by atoms with Crippen molar-refractivity contribution in [1.29, 1.82) is 0 Å². The first kappa shape index (κ1) is 26.7. The molecule has 4 aromatic rings. The van der Waals surface area contributed by atoms with Gasteiger partial charge in [0.1, 0.15) is 0 Å². The molecule has 1 fully saturated rings. The summed E-state index contributed by atoms with van der Waals surface area (Å²) >= 11 is 0. The van der Waals surface area contributed by atoms with Crippen molar-refractivity contribution >= 4 is 22.7 Å². The van der Waals surface area contributed by atoms with Gasteiger partial charge in [0.05, 0.1) is 18.6 Å². The number of hydrogen-bond acceptors (Lipinski definition) is 4. The molecule has 0 atom stereocenters. The van der Waals surface area contributed by atoms with Gasteiger partial charge in [-0.3, -0.25) is 9.36 Å². The minimum Gasteiger partial charge on any atom is -0.385 e. The Kier molecular flexibility index (Phi) is 8.42. The fourth-order valence-corrected chi connectivity index (χ4v) is 5.51. The van der Waals surface area contributed by atoms with Crippen LogP contribution < -0.4 is 0 Å². The highest BCUT2D eigenvalue weighted by atomic mass is 16.5. The number of benzene rings is 2. The first-order valence-corrected chi connectivity index (χ1v) is 13.7. The molecule has 204 valence electrons. The van der Waals surface area contributed by atoms with Crippen molar-refractivity contribution in [2.24, 2.45) is 5.92 Å². The molecule has 3 heterocycles. The minimum absolute atomic E-state index is 0.0693. The van der Waals surface area contributed by atoms with E-state index in [0.29, 0.717) is 25.6 Å². The number of carbonyl (C=O) groups excluding carboxylic acids is 2. The number of nitrogens with zero attached hydrogens (tertiary/aromatic N) is 5. The zero-order valence-electron chi connectivity index (χ0n) is 22.8. The van der Waals surface area contributed by atoms with Gasteiger partial charge in [-0.05, 0) is 47.6 Å². The van der Waals surface area contributed by atoms with Gasteiger partial charge in [-0.2, -0.15) is 0 Å². The molecule has 1 saturated heterocycles. The third-order valence-corrected chi connectivity index (χ3v) is 7.73. The lowest BCUT2D eigenvalue weighted by Gasteiger charge is -2.32. The van der Waals surface area contributed by atoms with Crippen LogP contribution in [0.4, 0.5) is 4.79 Å². The number of rotatable bonds is 9. The Morgan fingerprint density at radius 3 is 2.67 bits per heavy atom. The van der Waals surface area contributed by atoms with Crippen molar-refractivity contribution in [3.8, 4) is 11.1 Å². The summed E-state index contributed by atoms with van der Waals surface area (Å²) in [6, 6.07) is 16.5. The molecule has 8 nitrogen and oxygen atoms in total. The average molecular weight is 528 g/mol. The number of hydrogen-bond donors (Lipinski definition) is 0. The van der Waals surface area contributed by atoms with Gasteiger partial charge in [-0.1, -0.05) is 42.5 Å². The monoisotopic (exact) mass is 527 g/mol. The van der Waals surface area contributed by atoms with Gasteiger partial charge >= 0.3 is 6.03 Å². The summed E-state index contributed by atoms with van der Waals surface area (Å²) in [4.78, 5) is 33.7. The fourth-order valence-electron chi connectivity index (χ4n) is 5.51. The van der Waals surface area contributed by atoms with Crippen molar-refractivity contribution in [3.63, 3.8) is 0 Å². The third-order valence-electron chi connectivity index (χ3n) is 7.73. The van der Waals surface area contributed by atoms with Gasteiger partial charge in [0, 0.05) is 71.0 Å². The summed E-state index contributed by atoms with van der Waals surface area (Å²) in [5.41, 5.74) is 3.13. The zero-order valence-corrected chi connectivity index (χ0v) is 22.8. The van der Waals surface area contributed by atoms with Crippen LogP contribution in [-0.2, 0) is 22.6 Å². The lowest BCUT2D eigenvalue weighted by molar-refractivity contribution is -0.130. The highest BCUT2D eigenvalue weighted by Gasteiger charge is 2.23. The van der Waals surface area contributed by atoms with Crippen molar-refractivity contribution < 1.29 is 14.3 Å². The summed E-state index contributed by atoms with van der Waals surface area (Å²) in [7, 11) is 1.68. The van der Waals surface area contributed by atoms with Gasteiger partial charge in [0.2, 0.25) is 5.91 Å². The van der Waals surface area contributed by atoms with E-state index in [0.717, 1.165) is 55.7 Å². The van der Waals surface area contributed by atoms with Crippen LogP contribution in [0.2, 0.25) is 0 Å². The van der Waals surface area contributed by atoms with Gasteiger partial charge in [0.15, 0.2) is 0 Å². The number of imidazole rings is 1. The predicted molar refractivity (Wildman–Crippen MR) is 152 cm³/mol. The number of piperidine rings is 1. The molecule has 0 spiro atoms. The largest absolute Gasteiger partial charge is 0.385 e. The Bertz CT molecular complexity index is 1410. The van der Waals surface area contributed by atoms with Gasteiger partial charge in [0.25, 0.3) is 0 Å². The van der Waals surface area contributed by atoms with Gasteiger partial charge in [-0.25, -0.2) is 9.78 Å². The Morgan fingerprint density at radius 2 is 1.87 bits per heavy atom. The quantitative estimate of drug-likeness (QED) is 0.278. The van der Waals surface area contributed by atoms with Crippen LogP contribution in [0.5, 0.6) is 0 Å². The van der Waals surface area contributed by atoms with Crippen LogP contribution in [-0.4, -0.2) is 69.2 Å². The second-order valence-electron chi connectivity index (χ2n) is 10.4. The number of carbonyl (C=O) groups is 2. The minimum atomic E-state index is -0.0693. The Hall–Kier alpha value is -3.91. The Labute approximate surface area is 229 Å². The fraction of sp³-hybridized carbons (Fsp3) is 0.387. The maximum atomic E-state index is 13.8. The normalized spacial score (nSPS) is 14.2. The second kappa shape index (κ2) is 12.3. The summed E-state index contributed by atoms with van der Waals surface area (Å²) in [6.07, 6.45) is 10.2. The molecule has 0 N–H and O–H groups in total. The van der Waals surface area contributed by atoms with Crippen LogP contribution in [0.15, 0.2) is 73.4 Å². The molecule has 0 saturated carbocycles. The zero-order chi connectivity index (χ0) is 27.2. The first-order chi connectivity index (χ1) is 19.0. The molecule has 1 aliphatic rings. The van der Waals surface area contributed by atoms with Crippen LogP contribution >= 0.6 is 0 Å². The predicted octanol–water partition coefficient (Wildman–Crippen LogP) is 5.27. The van der Waals surface area contributed by atoms with Crippen molar-refractivity contribution in [2.45, 2.75) is 39.3 Å². The highest BCUT2D eigenvalue weighted by molar-refractivity contribution is 5.97. The second-order valence-corrected chi connectivity index (χ2v) is 10.4. The van der Waals surface area contributed by atoms with E-state index in [2.05, 4.69) is 39.9 Å². The van der Waals surface area contributed by atoms with Crippen LogP contribution in [0.1, 0.15) is 31.9 Å². The first-order valence-electron chi connectivity index (χ1n) is 13.7. The van der Waals surface area contributed by atoms with E-state index in [9.17, 15) is 9.59 Å². The molecule has 5 rings (SSSR count). The summed E-state index contributed by atoms with van der Waals surface area (Å²) in [6.45, 7) is 5.73. The topological polar surface area (TPSA) is 72.6 Å². The lowest BCUT2D eigenvalue weighted by Crippen LogP contribution is -2.38. The van der Waals surface area contributed by atoms with E-state index in [1.807, 2.05) is 52.9 Å². The smallest absolute Gasteiger partial charge is 0.328 e. The number of fused-ring (bicyclic) bond motifs is 1. The van der Waals surface area contributed by atoms with E-state index >= 15 is 0 Å². The van der Waals surface area contributed by atoms with E-state index in [4.69, 9.17) is 4.74 Å². The van der Waals surface area contributed by atoms with Gasteiger partial charge in [-0.15, -0.1) is 0 Å². The van der Waals surface area contributed by atoms with Crippen molar-refractivity contribution in [3.05, 3.63) is 79.1 Å². The van der Waals surface area contributed by atoms with E-state index < -0.39 is 0 Å². The van der Waals surface area contributed by atoms with Crippen LogP contribution in [0, 0.1) is 5.92 Å². The molecule has 2 aromatic heterocycles. The summed E-state index contributed by atoms with van der Waals surface area (Å²) in [5, 5.41) is 2.34. The number of aromatic nitrogens is 3. The molecular formula is C31H37N5O3. The number of methoxy groups -OCH3 is 1. The maximum absolute atomic E-state index is 13.8. The maximum Gasteiger partial charge on any atom is 0.328 e. The summed E-state index contributed by atoms with van der Waals surface area (Å²) < 4.78 is 9.13. The van der Waals surface area contributed by atoms with Gasteiger partial charge < -0.3 is 19.1 Å².